The predicted octanol–water partition coefficient (Wildman–Crippen LogP) is 2.83. The summed E-state index contributed by atoms with van der Waals surface area (Å²) in [5, 5.41) is 0. The second-order valence-corrected chi connectivity index (χ2v) is 4.49. The van der Waals surface area contributed by atoms with Gasteiger partial charge in [0.2, 0.25) is 0 Å². The Morgan fingerprint density at radius 1 is 1.33 bits per heavy atom. The van der Waals surface area contributed by atoms with Gasteiger partial charge in [-0.05, 0) is 36.2 Å². The molecule has 1 unspecified atom stereocenters. The third kappa shape index (κ3) is 2.51. The number of rotatable bonds is 4. The van der Waals surface area contributed by atoms with Gasteiger partial charge in [0, 0.05) is 18.0 Å². The monoisotopic (exact) mass is 241 g/mol. The van der Waals surface area contributed by atoms with Crippen LogP contribution in [0.1, 0.15) is 5.56 Å². The van der Waals surface area contributed by atoms with E-state index in [0.29, 0.717) is 12.7 Å². The normalized spacial score (nSPS) is 17.5. The first kappa shape index (κ1) is 11.2. The van der Waals surface area contributed by atoms with E-state index in [9.17, 15) is 0 Å². The lowest BCUT2D eigenvalue weighted by Crippen LogP contribution is -2.04. The van der Waals surface area contributed by atoms with Gasteiger partial charge in [-0.3, -0.25) is 4.98 Å². The van der Waals surface area contributed by atoms with Crippen LogP contribution < -0.4 is 4.74 Å². The van der Waals surface area contributed by atoms with Crippen LogP contribution in [0.25, 0.3) is 11.1 Å². The molecule has 18 heavy (non-hydrogen) atoms. The maximum Gasteiger partial charge on any atom is 0.122 e. The largest absolute Gasteiger partial charge is 0.491 e. The van der Waals surface area contributed by atoms with Crippen LogP contribution in [0, 0.1) is 6.92 Å². The molecule has 3 nitrogen and oxygen atoms in total. The van der Waals surface area contributed by atoms with Crippen molar-refractivity contribution in [3.05, 3.63) is 48.3 Å². The van der Waals surface area contributed by atoms with Gasteiger partial charge in [-0.15, -0.1) is 0 Å². The maximum absolute atomic E-state index is 5.71. The van der Waals surface area contributed by atoms with Crippen LogP contribution in [-0.4, -0.2) is 24.3 Å². The minimum absolute atomic E-state index is 0.294. The van der Waals surface area contributed by atoms with Gasteiger partial charge in [0.05, 0.1) is 6.61 Å². The molecule has 2 aromatic rings. The van der Waals surface area contributed by atoms with Crippen molar-refractivity contribution in [1.82, 2.24) is 4.98 Å². The molecule has 3 rings (SSSR count). The van der Waals surface area contributed by atoms with Crippen LogP contribution >= 0.6 is 0 Å². The van der Waals surface area contributed by atoms with Gasteiger partial charge in [-0.25, -0.2) is 0 Å². The molecule has 0 bridgehead atoms. The van der Waals surface area contributed by atoms with Gasteiger partial charge in [0.25, 0.3) is 0 Å². The average Bonchev–Trinajstić information content (AvgIpc) is 3.22. The number of hydrogen-bond acceptors (Lipinski definition) is 3. The topological polar surface area (TPSA) is 34.6 Å². The third-order valence-electron chi connectivity index (χ3n) is 3.00. The molecule has 0 N–H and O–H groups in total. The molecule has 2 heterocycles. The molecule has 0 amide bonds. The van der Waals surface area contributed by atoms with Crippen LogP contribution in [0.4, 0.5) is 0 Å². The molecule has 1 fully saturated rings. The van der Waals surface area contributed by atoms with Gasteiger partial charge < -0.3 is 9.47 Å². The Morgan fingerprint density at radius 2 is 2.22 bits per heavy atom. The van der Waals surface area contributed by atoms with Crippen molar-refractivity contribution in [2.75, 3.05) is 13.2 Å². The highest BCUT2D eigenvalue weighted by atomic mass is 16.6. The molecule has 1 aromatic heterocycles. The van der Waals surface area contributed by atoms with Crippen LogP contribution in [0.3, 0.4) is 0 Å². The Morgan fingerprint density at radius 3 is 2.89 bits per heavy atom. The standard InChI is InChI=1S/C15H15NO2/c1-11-7-12(13-3-2-6-16-8-13)4-5-15(11)18-10-14-9-17-14/h2-8,14H,9-10H2,1H3. The van der Waals surface area contributed by atoms with E-state index in [-0.39, 0.29) is 0 Å². The Labute approximate surface area is 106 Å². The SMILES string of the molecule is Cc1cc(-c2cccnc2)ccc1OCC1CO1. The van der Waals surface area contributed by atoms with Crippen LogP contribution in [0.5, 0.6) is 5.75 Å². The number of epoxide rings is 1. The number of nitrogens with zero attached hydrogens (tertiary/aromatic N) is 1. The Kier molecular flexibility index (Phi) is 2.99. The molecule has 0 aliphatic carbocycles. The lowest BCUT2D eigenvalue weighted by molar-refractivity contribution is 0.262. The quantitative estimate of drug-likeness (QED) is 0.772. The Hall–Kier alpha value is -1.87. The number of aryl methyl sites for hydroxylation is 1. The van der Waals surface area contributed by atoms with Crippen molar-refractivity contribution in [3.8, 4) is 16.9 Å². The van der Waals surface area contributed by atoms with Gasteiger partial charge in [-0.1, -0.05) is 12.1 Å². The summed E-state index contributed by atoms with van der Waals surface area (Å²) >= 11 is 0. The van der Waals surface area contributed by atoms with E-state index in [1.54, 1.807) is 6.20 Å². The zero-order valence-electron chi connectivity index (χ0n) is 10.3. The summed E-state index contributed by atoms with van der Waals surface area (Å²) < 4.78 is 10.8. The fraction of sp³-hybridized carbons (Fsp3) is 0.267. The molecule has 3 heteroatoms. The highest BCUT2D eigenvalue weighted by molar-refractivity contribution is 5.64. The number of pyridine rings is 1. The van der Waals surface area contributed by atoms with Gasteiger partial charge in [-0.2, -0.15) is 0 Å². The van der Waals surface area contributed by atoms with E-state index in [1.807, 2.05) is 18.3 Å². The number of ether oxygens (including phenoxy) is 2. The van der Waals surface area contributed by atoms with Crippen molar-refractivity contribution in [3.63, 3.8) is 0 Å². The molecule has 0 spiro atoms. The smallest absolute Gasteiger partial charge is 0.122 e. The third-order valence-corrected chi connectivity index (χ3v) is 3.00. The molecular weight excluding hydrogens is 226 g/mol. The minimum Gasteiger partial charge on any atom is -0.491 e. The first-order valence-corrected chi connectivity index (χ1v) is 6.08. The summed E-state index contributed by atoms with van der Waals surface area (Å²) in [4.78, 5) is 4.13. The molecule has 1 saturated heterocycles. The first-order valence-electron chi connectivity index (χ1n) is 6.08. The van der Waals surface area contributed by atoms with Crippen molar-refractivity contribution >= 4 is 0 Å². The second kappa shape index (κ2) is 4.78. The summed E-state index contributed by atoms with van der Waals surface area (Å²) in [6, 6.07) is 10.2. The van der Waals surface area contributed by atoms with Crippen LogP contribution in [-0.2, 0) is 4.74 Å². The number of hydrogen-bond donors (Lipinski definition) is 0. The Balaban J connectivity index is 1.79. The van der Waals surface area contributed by atoms with Crippen LogP contribution in [0.2, 0.25) is 0 Å². The summed E-state index contributed by atoms with van der Waals surface area (Å²) in [5.74, 6) is 0.929. The second-order valence-electron chi connectivity index (χ2n) is 4.49. The molecule has 92 valence electrons. The van der Waals surface area contributed by atoms with Gasteiger partial charge in [0.1, 0.15) is 18.5 Å². The van der Waals surface area contributed by atoms with E-state index in [1.165, 1.54) is 0 Å². The summed E-state index contributed by atoms with van der Waals surface area (Å²) in [7, 11) is 0. The fourth-order valence-corrected chi connectivity index (χ4v) is 1.87. The molecule has 1 aromatic carbocycles. The summed E-state index contributed by atoms with van der Waals surface area (Å²) in [5.41, 5.74) is 3.42. The van der Waals surface area contributed by atoms with Crippen molar-refractivity contribution < 1.29 is 9.47 Å². The highest BCUT2D eigenvalue weighted by Crippen LogP contribution is 2.26. The maximum atomic E-state index is 5.71. The average molecular weight is 241 g/mol. The predicted molar refractivity (Wildman–Crippen MR) is 69.6 cm³/mol. The number of benzene rings is 1. The zero-order valence-corrected chi connectivity index (χ0v) is 10.3. The summed E-state index contributed by atoms with van der Waals surface area (Å²) in [6.07, 6.45) is 3.94. The van der Waals surface area contributed by atoms with E-state index in [4.69, 9.17) is 9.47 Å². The molecule has 0 saturated carbocycles. The molecule has 1 atom stereocenters. The van der Waals surface area contributed by atoms with E-state index >= 15 is 0 Å². The molecule has 0 radical (unpaired) electrons. The summed E-state index contributed by atoms with van der Waals surface area (Å²) in [6.45, 7) is 3.53. The minimum atomic E-state index is 0.294. The number of aromatic nitrogens is 1. The lowest BCUT2D eigenvalue weighted by atomic mass is 10.0. The van der Waals surface area contributed by atoms with E-state index < -0.39 is 0 Å². The molecule has 1 aliphatic rings. The van der Waals surface area contributed by atoms with E-state index in [0.717, 1.165) is 29.0 Å². The Bertz CT molecular complexity index is 535. The molecular formula is C15H15NO2. The van der Waals surface area contributed by atoms with Gasteiger partial charge in [0.15, 0.2) is 0 Å². The van der Waals surface area contributed by atoms with Crippen molar-refractivity contribution in [2.24, 2.45) is 0 Å². The van der Waals surface area contributed by atoms with Gasteiger partial charge >= 0.3 is 0 Å². The van der Waals surface area contributed by atoms with E-state index in [2.05, 4.69) is 30.1 Å². The lowest BCUT2D eigenvalue weighted by Gasteiger charge is -2.09. The van der Waals surface area contributed by atoms with Crippen molar-refractivity contribution in [2.45, 2.75) is 13.0 Å². The first-order chi connectivity index (χ1) is 8.83. The van der Waals surface area contributed by atoms with Crippen molar-refractivity contribution in [1.29, 1.82) is 0 Å². The molecule has 1 aliphatic heterocycles. The fourth-order valence-electron chi connectivity index (χ4n) is 1.87. The van der Waals surface area contributed by atoms with Crippen LogP contribution in [0.15, 0.2) is 42.7 Å². The highest BCUT2D eigenvalue weighted by Gasteiger charge is 2.23. The zero-order chi connectivity index (χ0) is 12.4.